The predicted molar refractivity (Wildman–Crippen MR) is 75.5 cm³/mol. The number of rotatable bonds is 5. The molecule has 0 radical (unpaired) electrons. The number of alkyl halides is 2. The molecule has 1 aliphatic rings. The fourth-order valence-corrected chi connectivity index (χ4v) is 3.34. The van der Waals surface area contributed by atoms with Gasteiger partial charge < -0.3 is 15.0 Å². The van der Waals surface area contributed by atoms with Crippen LogP contribution >= 0.6 is 0 Å². The molecule has 8 heteroatoms. The lowest BCUT2D eigenvalue weighted by molar-refractivity contribution is 0.0940. The number of benzene rings is 1. The highest BCUT2D eigenvalue weighted by molar-refractivity contribution is 7.91. The van der Waals surface area contributed by atoms with Crippen molar-refractivity contribution < 1.29 is 21.9 Å². The average molecular weight is 320 g/mol. The van der Waals surface area contributed by atoms with Crippen LogP contribution < -0.4 is 10.2 Å². The SMILES string of the molecule is CNCC1COCCN1c1ccccc1S(=O)(=O)C(F)F. The zero-order valence-electron chi connectivity index (χ0n) is 11.6. The normalized spacial score (nSPS) is 20.0. The number of hydrogen-bond acceptors (Lipinski definition) is 5. The van der Waals surface area contributed by atoms with Gasteiger partial charge in [0.05, 0.1) is 29.8 Å². The van der Waals surface area contributed by atoms with Gasteiger partial charge in [-0.05, 0) is 19.2 Å². The van der Waals surface area contributed by atoms with E-state index in [0.717, 1.165) is 0 Å². The highest BCUT2D eigenvalue weighted by Gasteiger charge is 2.33. The summed E-state index contributed by atoms with van der Waals surface area (Å²) < 4.78 is 54.7. The third kappa shape index (κ3) is 3.33. The number of halogens is 2. The molecule has 1 aromatic carbocycles. The van der Waals surface area contributed by atoms with Crippen molar-refractivity contribution in [2.75, 3.05) is 38.3 Å². The number of ether oxygens (including phenoxy) is 1. The summed E-state index contributed by atoms with van der Waals surface area (Å²) in [6, 6.07) is 5.78. The second-order valence-corrected chi connectivity index (χ2v) is 6.64. The van der Waals surface area contributed by atoms with Crippen LogP contribution in [-0.2, 0) is 14.6 Å². The van der Waals surface area contributed by atoms with Gasteiger partial charge in [-0.15, -0.1) is 0 Å². The molecule has 0 aliphatic carbocycles. The van der Waals surface area contributed by atoms with E-state index in [2.05, 4.69) is 5.32 Å². The van der Waals surface area contributed by atoms with E-state index in [1.807, 2.05) is 4.90 Å². The fraction of sp³-hybridized carbons (Fsp3) is 0.538. The number of morpholine rings is 1. The van der Waals surface area contributed by atoms with Crippen molar-refractivity contribution in [3.8, 4) is 0 Å². The van der Waals surface area contributed by atoms with E-state index < -0.39 is 15.6 Å². The third-order valence-electron chi connectivity index (χ3n) is 3.38. The van der Waals surface area contributed by atoms with Crippen LogP contribution in [0.15, 0.2) is 29.2 Å². The Kier molecular flexibility index (Phi) is 5.13. The topological polar surface area (TPSA) is 58.6 Å². The Labute approximate surface area is 122 Å². The first-order valence-corrected chi connectivity index (χ1v) is 8.13. The smallest absolute Gasteiger partial charge is 0.341 e. The first-order chi connectivity index (χ1) is 9.98. The standard InChI is InChI=1S/C13H18F2N2O3S/c1-16-8-10-9-20-7-6-17(10)11-4-2-3-5-12(11)21(18,19)13(14)15/h2-5,10,13,16H,6-9H2,1H3. The van der Waals surface area contributed by atoms with Crippen LogP contribution in [0.25, 0.3) is 0 Å². The number of likely N-dealkylation sites (N-methyl/N-ethyl adjacent to an activating group) is 1. The van der Waals surface area contributed by atoms with E-state index in [9.17, 15) is 17.2 Å². The lowest BCUT2D eigenvalue weighted by Gasteiger charge is -2.38. The van der Waals surface area contributed by atoms with Crippen molar-refractivity contribution in [2.45, 2.75) is 16.7 Å². The Morgan fingerprint density at radius 1 is 1.43 bits per heavy atom. The Morgan fingerprint density at radius 2 is 2.14 bits per heavy atom. The Hall–Kier alpha value is -1.25. The summed E-state index contributed by atoms with van der Waals surface area (Å²) >= 11 is 0. The molecule has 0 saturated carbocycles. The molecule has 5 nitrogen and oxygen atoms in total. The Morgan fingerprint density at radius 3 is 2.81 bits per heavy atom. The Balaban J connectivity index is 2.44. The van der Waals surface area contributed by atoms with Crippen LogP contribution in [-0.4, -0.2) is 53.6 Å². The maximum atomic E-state index is 12.8. The van der Waals surface area contributed by atoms with Gasteiger partial charge in [-0.3, -0.25) is 0 Å². The number of para-hydroxylation sites is 1. The Bertz CT molecular complexity index is 579. The molecule has 0 spiro atoms. The second-order valence-electron chi connectivity index (χ2n) is 4.75. The van der Waals surface area contributed by atoms with Crippen molar-refractivity contribution in [3.63, 3.8) is 0 Å². The molecule has 118 valence electrons. The molecule has 1 saturated heterocycles. The van der Waals surface area contributed by atoms with Gasteiger partial charge in [0, 0.05) is 13.1 Å². The first-order valence-electron chi connectivity index (χ1n) is 6.58. The van der Waals surface area contributed by atoms with Gasteiger partial charge in [-0.25, -0.2) is 8.42 Å². The van der Waals surface area contributed by atoms with Gasteiger partial charge in [-0.2, -0.15) is 8.78 Å². The van der Waals surface area contributed by atoms with E-state index in [1.54, 1.807) is 19.2 Å². The van der Waals surface area contributed by atoms with Crippen molar-refractivity contribution >= 4 is 15.5 Å². The maximum Gasteiger partial charge on any atom is 0.341 e. The number of nitrogens with zero attached hydrogens (tertiary/aromatic N) is 1. The van der Waals surface area contributed by atoms with Gasteiger partial charge in [0.1, 0.15) is 0 Å². The predicted octanol–water partition coefficient (Wildman–Crippen LogP) is 1.11. The molecule has 2 rings (SSSR count). The van der Waals surface area contributed by atoms with E-state index in [4.69, 9.17) is 4.74 Å². The van der Waals surface area contributed by atoms with E-state index >= 15 is 0 Å². The number of hydrogen-bond donors (Lipinski definition) is 1. The molecule has 0 amide bonds. The van der Waals surface area contributed by atoms with Crippen LogP contribution in [0.5, 0.6) is 0 Å². The molecule has 21 heavy (non-hydrogen) atoms. The highest BCUT2D eigenvalue weighted by atomic mass is 32.2. The van der Waals surface area contributed by atoms with E-state index in [1.165, 1.54) is 12.1 Å². The summed E-state index contributed by atoms with van der Waals surface area (Å²) in [5.74, 6) is -3.43. The van der Waals surface area contributed by atoms with E-state index in [0.29, 0.717) is 32.0 Å². The second kappa shape index (κ2) is 6.67. The molecule has 1 aromatic rings. The highest BCUT2D eigenvalue weighted by Crippen LogP contribution is 2.31. The quantitative estimate of drug-likeness (QED) is 0.881. The van der Waals surface area contributed by atoms with Crippen LogP contribution in [0.2, 0.25) is 0 Å². The fourth-order valence-electron chi connectivity index (χ4n) is 2.41. The molecule has 0 aromatic heterocycles. The minimum Gasteiger partial charge on any atom is -0.377 e. The van der Waals surface area contributed by atoms with Crippen LogP contribution in [0, 0.1) is 0 Å². The minimum atomic E-state index is -4.63. The average Bonchev–Trinajstić information content (AvgIpc) is 2.48. The molecule has 1 unspecified atom stereocenters. The lowest BCUT2D eigenvalue weighted by atomic mass is 10.2. The summed E-state index contributed by atoms with van der Waals surface area (Å²) in [5, 5.41) is 3.00. The van der Waals surface area contributed by atoms with Crippen LogP contribution in [0.3, 0.4) is 0 Å². The first kappa shape index (κ1) is 16.1. The maximum absolute atomic E-state index is 12.8. The van der Waals surface area contributed by atoms with Gasteiger partial charge in [-0.1, -0.05) is 12.1 Å². The zero-order chi connectivity index (χ0) is 15.5. The molecule has 1 N–H and O–H groups in total. The van der Waals surface area contributed by atoms with Crippen molar-refractivity contribution in [1.82, 2.24) is 5.32 Å². The van der Waals surface area contributed by atoms with Gasteiger partial charge in [0.15, 0.2) is 0 Å². The summed E-state index contributed by atoms with van der Waals surface area (Å²) in [5.41, 5.74) is 0.307. The van der Waals surface area contributed by atoms with Gasteiger partial charge in [0.2, 0.25) is 9.84 Å². The summed E-state index contributed by atoms with van der Waals surface area (Å²) in [6.45, 7) is 1.89. The molecule has 1 heterocycles. The summed E-state index contributed by atoms with van der Waals surface area (Å²) in [7, 11) is -2.86. The molecule has 1 aliphatic heterocycles. The lowest BCUT2D eigenvalue weighted by Crippen LogP contribution is -2.50. The monoisotopic (exact) mass is 320 g/mol. The summed E-state index contributed by atoms with van der Waals surface area (Å²) in [6.07, 6.45) is 0. The molecular weight excluding hydrogens is 302 g/mol. The van der Waals surface area contributed by atoms with Crippen molar-refractivity contribution in [1.29, 1.82) is 0 Å². The molecule has 1 atom stereocenters. The molecular formula is C13H18F2N2O3S. The van der Waals surface area contributed by atoms with Gasteiger partial charge in [0.25, 0.3) is 0 Å². The zero-order valence-corrected chi connectivity index (χ0v) is 12.4. The molecule has 1 fully saturated rings. The van der Waals surface area contributed by atoms with Crippen molar-refractivity contribution in [2.24, 2.45) is 0 Å². The van der Waals surface area contributed by atoms with Crippen LogP contribution in [0.4, 0.5) is 14.5 Å². The molecule has 0 bridgehead atoms. The van der Waals surface area contributed by atoms with Gasteiger partial charge >= 0.3 is 5.76 Å². The van der Waals surface area contributed by atoms with Crippen LogP contribution in [0.1, 0.15) is 0 Å². The van der Waals surface area contributed by atoms with E-state index in [-0.39, 0.29) is 10.9 Å². The number of anilines is 1. The number of nitrogens with one attached hydrogen (secondary N) is 1. The third-order valence-corrected chi connectivity index (χ3v) is 4.81. The summed E-state index contributed by atoms with van der Waals surface area (Å²) in [4.78, 5) is 1.48. The number of sulfone groups is 1. The van der Waals surface area contributed by atoms with Crippen molar-refractivity contribution in [3.05, 3.63) is 24.3 Å². The largest absolute Gasteiger partial charge is 0.377 e. The minimum absolute atomic E-state index is 0.0993.